The van der Waals surface area contributed by atoms with Crippen LogP contribution in [-0.2, 0) is 16.1 Å². The molecule has 0 spiro atoms. The predicted octanol–water partition coefficient (Wildman–Crippen LogP) is 1.42. The highest BCUT2D eigenvalue weighted by molar-refractivity contribution is 6.01. The molecule has 0 unspecified atom stereocenters. The summed E-state index contributed by atoms with van der Waals surface area (Å²) in [5.74, 6) is -0.678. The number of aromatic nitrogens is 2. The molecule has 2 heterocycles. The number of nitrogens with zero attached hydrogens (tertiary/aromatic N) is 2. The van der Waals surface area contributed by atoms with Gasteiger partial charge in [0.15, 0.2) is 0 Å². The first-order chi connectivity index (χ1) is 11.1. The Balaban J connectivity index is 1.92. The van der Waals surface area contributed by atoms with Gasteiger partial charge in [0, 0.05) is 5.39 Å². The van der Waals surface area contributed by atoms with Crippen molar-refractivity contribution in [3.63, 3.8) is 0 Å². The summed E-state index contributed by atoms with van der Waals surface area (Å²) in [5.41, 5.74) is 0.552. The van der Waals surface area contributed by atoms with Crippen molar-refractivity contribution in [2.45, 2.75) is 13.5 Å². The number of amides is 2. The molecule has 1 aromatic carbocycles. The van der Waals surface area contributed by atoms with E-state index in [-0.39, 0.29) is 18.7 Å². The molecular formula is C15H13N3O5. The van der Waals surface area contributed by atoms with Gasteiger partial charge in [0.2, 0.25) is 11.5 Å². The van der Waals surface area contributed by atoms with Crippen molar-refractivity contribution >= 4 is 34.1 Å². The van der Waals surface area contributed by atoms with Crippen LogP contribution in [0.15, 0.2) is 39.8 Å². The average molecular weight is 315 g/mol. The Hall–Kier alpha value is -3.16. The van der Waals surface area contributed by atoms with Gasteiger partial charge in [-0.2, -0.15) is 0 Å². The average Bonchev–Trinajstić information content (AvgIpc) is 2.90. The molecule has 0 bridgehead atoms. The lowest BCUT2D eigenvalue weighted by Crippen LogP contribution is -2.36. The van der Waals surface area contributed by atoms with Crippen LogP contribution < -0.4 is 10.9 Å². The van der Waals surface area contributed by atoms with Gasteiger partial charge in [-0.15, -0.1) is 0 Å². The Labute approximate surface area is 129 Å². The lowest BCUT2D eigenvalue weighted by molar-refractivity contribution is -0.121. The fourth-order valence-electron chi connectivity index (χ4n) is 2.20. The minimum Gasteiger partial charge on any atom is -0.450 e. The smallest absolute Gasteiger partial charge is 0.413 e. The monoisotopic (exact) mass is 315 g/mol. The maximum atomic E-state index is 12.4. The molecule has 2 aromatic heterocycles. The second-order valence-electron chi connectivity index (χ2n) is 4.72. The van der Waals surface area contributed by atoms with E-state index in [1.165, 1.54) is 6.33 Å². The topological polar surface area (TPSA) is 103 Å². The van der Waals surface area contributed by atoms with Crippen molar-refractivity contribution in [2.24, 2.45) is 0 Å². The number of alkyl carbamates (subject to hydrolysis) is 1. The van der Waals surface area contributed by atoms with Crippen LogP contribution in [0.1, 0.15) is 6.92 Å². The van der Waals surface area contributed by atoms with Crippen LogP contribution in [0, 0.1) is 0 Å². The Bertz CT molecular complexity index is 957. The molecule has 0 aliphatic heterocycles. The SMILES string of the molecule is CCOC(=O)NC(=O)Cn1cnc2c(oc3ccccc32)c1=O. The zero-order chi connectivity index (χ0) is 16.4. The maximum Gasteiger partial charge on any atom is 0.413 e. The number of fused-ring (bicyclic) bond motifs is 3. The van der Waals surface area contributed by atoms with Crippen molar-refractivity contribution in [1.82, 2.24) is 14.9 Å². The zero-order valence-corrected chi connectivity index (χ0v) is 12.2. The molecule has 0 saturated heterocycles. The van der Waals surface area contributed by atoms with Gasteiger partial charge in [-0.1, -0.05) is 12.1 Å². The highest BCUT2D eigenvalue weighted by Gasteiger charge is 2.15. The molecule has 3 aromatic rings. The third-order valence-electron chi connectivity index (χ3n) is 3.18. The summed E-state index contributed by atoms with van der Waals surface area (Å²) >= 11 is 0. The van der Waals surface area contributed by atoms with E-state index in [0.717, 1.165) is 9.95 Å². The Morgan fingerprint density at radius 2 is 2.13 bits per heavy atom. The quantitative estimate of drug-likeness (QED) is 0.784. The minimum atomic E-state index is -0.858. The van der Waals surface area contributed by atoms with E-state index in [9.17, 15) is 14.4 Å². The number of benzene rings is 1. The molecule has 8 heteroatoms. The zero-order valence-electron chi connectivity index (χ0n) is 12.2. The minimum absolute atomic E-state index is 0.0673. The summed E-state index contributed by atoms with van der Waals surface area (Å²) in [7, 11) is 0. The summed E-state index contributed by atoms with van der Waals surface area (Å²) < 4.78 is 11.2. The third-order valence-corrected chi connectivity index (χ3v) is 3.18. The first-order valence-corrected chi connectivity index (χ1v) is 6.93. The van der Waals surface area contributed by atoms with E-state index < -0.39 is 17.6 Å². The van der Waals surface area contributed by atoms with Crippen LogP contribution in [0.5, 0.6) is 0 Å². The molecule has 23 heavy (non-hydrogen) atoms. The van der Waals surface area contributed by atoms with Crippen LogP contribution in [0.25, 0.3) is 22.1 Å². The molecule has 8 nitrogen and oxygen atoms in total. The van der Waals surface area contributed by atoms with E-state index in [1.54, 1.807) is 25.1 Å². The number of para-hydroxylation sites is 1. The second kappa shape index (κ2) is 5.91. The van der Waals surface area contributed by atoms with Gasteiger partial charge in [0.05, 0.1) is 12.9 Å². The van der Waals surface area contributed by atoms with E-state index in [4.69, 9.17) is 4.42 Å². The van der Waals surface area contributed by atoms with E-state index in [2.05, 4.69) is 9.72 Å². The first kappa shape index (κ1) is 14.8. The van der Waals surface area contributed by atoms with E-state index in [1.807, 2.05) is 11.4 Å². The van der Waals surface area contributed by atoms with Gasteiger partial charge in [-0.05, 0) is 19.1 Å². The van der Waals surface area contributed by atoms with Crippen LogP contribution in [0.3, 0.4) is 0 Å². The fraction of sp³-hybridized carbons (Fsp3) is 0.200. The molecule has 3 rings (SSSR count). The lowest BCUT2D eigenvalue weighted by Gasteiger charge is -2.05. The molecule has 0 radical (unpaired) electrons. The van der Waals surface area contributed by atoms with Crippen LogP contribution in [0.4, 0.5) is 4.79 Å². The van der Waals surface area contributed by atoms with Crippen molar-refractivity contribution in [1.29, 1.82) is 0 Å². The van der Waals surface area contributed by atoms with Crippen molar-refractivity contribution in [3.8, 4) is 0 Å². The first-order valence-electron chi connectivity index (χ1n) is 6.93. The molecule has 118 valence electrons. The predicted molar refractivity (Wildman–Crippen MR) is 80.9 cm³/mol. The number of imide groups is 1. The standard InChI is InChI=1S/C15H13N3O5/c1-2-22-15(21)17-11(19)7-18-8-16-12-9-5-3-4-6-10(9)23-13(12)14(18)20/h3-6,8H,2,7H2,1H3,(H,17,19,21). The maximum absolute atomic E-state index is 12.4. The number of rotatable bonds is 3. The van der Waals surface area contributed by atoms with E-state index >= 15 is 0 Å². The second-order valence-corrected chi connectivity index (χ2v) is 4.72. The fourth-order valence-corrected chi connectivity index (χ4v) is 2.20. The highest BCUT2D eigenvalue weighted by atomic mass is 16.5. The van der Waals surface area contributed by atoms with E-state index in [0.29, 0.717) is 11.1 Å². The van der Waals surface area contributed by atoms with Gasteiger partial charge in [-0.25, -0.2) is 9.78 Å². The largest absolute Gasteiger partial charge is 0.450 e. The number of carbonyl (C=O) groups excluding carboxylic acids is 2. The Morgan fingerprint density at radius 3 is 2.91 bits per heavy atom. The number of hydrogen-bond donors (Lipinski definition) is 1. The van der Waals surface area contributed by atoms with Crippen molar-refractivity contribution < 1.29 is 18.7 Å². The Morgan fingerprint density at radius 1 is 1.35 bits per heavy atom. The molecule has 0 aliphatic rings. The summed E-state index contributed by atoms with van der Waals surface area (Å²) in [6, 6.07) is 7.13. The van der Waals surface area contributed by atoms with Crippen LogP contribution in [0.2, 0.25) is 0 Å². The van der Waals surface area contributed by atoms with Gasteiger partial charge in [0.1, 0.15) is 17.6 Å². The molecule has 0 saturated carbocycles. The number of carbonyl (C=O) groups is 2. The summed E-state index contributed by atoms with van der Waals surface area (Å²) in [6.45, 7) is 1.40. The van der Waals surface area contributed by atoms with Gasteiger partial charge >= 0.3 is 6.09 Å². The highest BCUT2D eigenvalue weighted by Crippen LogP contribution is 2.23. The summed E-state index contributed by atoms with van der Waals surface area (Å²) in [4.78, 5) is 39.5. The molecule has 0 aliphatic carbocycles. The number of nitrogens with one attached hydrogen (secondary N) is 1. The van der Waals surface area contributed by atoms with Gasteiger partial charge in [-0.3, -0.25) is 19.5 Å². The molecule has 2 amide bonds. The summed E-state index contributed by atoms with van der Waals surface area (Å²) in [5, 5.41) is 2.74. The number of ether oxygens (including phenoxy) is 1. The molecule has 0 atom stereocenters. The molecule has 0 fully saturated rings. The summed E-state index contributed by atoms with van der Waals surface area (Å²) in [6.07, 6.45) is 0.389. The van der Waals surface area contributed by atoms with Gasteiger partial charge in [0.25, 0.3) is 5.56 Å². The van der Waals surface area contributed by atoms with Gasteiger partial charge < -0.3 is 9.15 Å². The van der Waals surface area contributed by atoms with Crippen molar-refractivity contribution in [2.75, 3.05) is 6.61 Å². The van der Waals surface area contributed by atoms with Crippen molar-refractivity contribution in [3.05, 3.63) is 40.9 Å². The van der Waals surface area contributed by atoms with Crippen LogP contribution >= 0.6 is 0 Å². The lowest BCUT2D eigenvalue weighted by atomic mass is 10.2. The van der Waals surface area contributed by atoms with Crippen LogP contribution in [-0.4, -0.2) is 28.2 Å². The number of hydrogen-bond acceptors (Lipinski definition) is 6. The Kier molecular flexibility index (Phi) is 3.80. The third kappa shape index (κ3) is 2.78. The molecule has 1 N–H and O–H groups in total. The normalized spacial score (nSPS) is 10.8. The number of furan rings is 1. The molecular weight excluding hydrogens is 302 g/mol.